The molecule has 0 atom stereocenters. The molecule has 8 nitrogen and oxygen atoms in total. The van der Waals surface area contributed by atoms with Gasteiger partial charge < -0.3 is 23.7 Å². The van der Waals surface area contributed by atoms with E-state index in [-0.39, 0.29) is 0 Å². The number of rotatable bonds is 13. The third-order valence-corrected chi connectivity index (χ3v) is 4.95. The highest BCUT2D eigenvalue weighted by Crippen LogP contribution is 2.21. The van der Waals surface area contributed by atoms with Crippen molar-refractivity contribution in [3.8, 4) is 23.0 Å². The summed E-state index contributed by atoms with van der Waals surface area (Å²) in [5.41, 5.74) is 0.745. The van der Waals surface area contributed by atoms with Gasteiger partial charge in [-0.1, -0.05) is 6.58 Å². The first-order valence-electron chi connectivity index (χ1n) is 11.8. The second kappa shape index (κ2) is 14.1. The van der Waals surface area contributed by atoms with Crippen molar-refractivity contribution in [2.24, 2.45) is 0 Å². The van der Waals surface area contributed by atoms with Crippen molar-refractivity contribution >= 4 is 17.9 Å². The molecule has 0 N–H and O–H groups in total. The van der Waals surface area contributed by atoms with Gasteiger partial charge in [0.15, 0.2) is 0 Å². The number of benzene rings is 3. The van der Waals surface area contributed by atoms with Crippen LogP contribution in [0.25, 0.3) is 0 Å². The molecular weight excluding hydrogens is 476 g/mol. The van der Waals surface area contributed by atoms with E-state index in [1.807, 2.05) is 6.92 Å². The number of esters is 3. The summed E-state index contributed by atoms with van der Waals surface area (Å²) < 4.78 is 26.6. The van der Waals surface area contributed by atoms with Crippen molar-refractivity contribution in [1.29, 1.82) is 0 Å². The molecule has 192 valence electrons. The Balaban J connectivity index is 1.43. The number of carbonyl (C=O) groups is 3. The fourth-order valence-electron chi connectivity index (χ4n) is 3.07. The monoisotopic (exact) mass is 504 g/mol. The van der Waals surface area contributed by atoms with E-state index in [4.69, 9.17) is 23.7 Å². The lowest BCUT2D eigenvalue weighted by atomic mass is 10.2. The second-order valence-corrected chi connectivity index (χ2v) is 7.66. The predicted octanol–water partition coefficient (Wildman–Crippen LogP) is 5.41. The summed E-state index contributed by atoms with van der Waals surface area (Å²) in [6.07, 6.45) is 2.50. The molecule has 3 rings (SSSR count). The van der Waals surface area contributed by atoms with Crippen molar-refractivity contribution in [2.45, 2.75) is 19.8 Å². The fourth-order valence-corrected chi connectivity index (χ4v) is 3.07. The topological polar surface area (TPSA) is 97.4 Å². The number of unbranched alkanes of at least 4 members (excludes halogenated alkanes) is 1. The average Bonchev–Trinajstić information content (AvgIpc) is 2.92. The van der Waals surface area contributed by atoms with Crippen LogP contribution in [0.4, 0.5) is 0 Å². The van der Waals surface area contributed by atoms with Crippen LogP contribution in [0.3, 0.4) is 0 Å². The number of hydrogen-bond donors (Lipinski definition) is 0. The van der Waals surface area contributed by atoms with Gasteiger partial charge in [-0.05, 0) is 92.6 Å². The molecule has 0 radical (unpaired) electrons. The first-order valence-corrected chi connectivity index (χ1v) is 11.8. The molecular formula is C29H28O8. The van der Waals surface area contributed by atoms with E-state index in [0.717, 1.165) is 6.08 Å². The van der Waals surface area contributed by atoms with E-state index in [2.05, 4.69) is 6.58 Å². The number of carbonyl (C=O) groups excluding carboxylic acids is 3. The molecule has 8 heteroatoms. The molecule has 0 amide bonds. The van der Waals surface area contributed by atoms with Crippen LogP contribution in [-0.4, -0.2) is 37.7 Å². The lowest BCUT2D eigenvalue weighted by Gasteiger charge is -2.09. The quantitative estimate of drug-likeness (QED) is 0.132. The van der Waals surface area contributed by atoms with Crippen LogP contribution in [0.1, 0.15) is 40.5 Å². The zero-order valence-electron chi connectivity index (χ0n) is 20.5. The van der Waals surface area contributed by atoms with E-state index >= 15 is 0 Å². The Labute approximate surface area is 215 Å². The van der Waals surface area contributed by atoms with Crippen molar-refractivity contribution in [1.82, 2.24) is 0 Å². The predicted molar refractivity (Wildman–Crippen MR) is 136 cm³/mol. The SMILES string of the molecule is C=CC(=O)OCCCCOc1ccc(C(=O)Oc2ccc(OC(=O)c3ccc(OCC)cc3)cc2)cc1. The Kier molecular flexibility index (Phi) is 10.3. The van der Waals surface area contributed by atoms with Gasteiger partial charge in [-0.2, -0.15) is 0 Å². The van der Waals surface area contributed by atoms with Crippen LogP contribution in [0.2, 0.25) is 0 Å². The van der Waals surface area contributed by atoms with Gasteiger partial charge in [0.25, 0.3) is 0 Å². The molecule has 0 unspecified atom stereocenters. The maximum absolute atomic E-state index is 12.5. The summed E-state index contributed by atoms with van der Waals surface area (Å²) in [6, 6.07) is 19.4. The Hall–Kier alpha value is -4.59. The summed E-state index contributed by atoms with van der Waals surface area (Å²) in [6.45, 7) is 6.52. The zero-order valence-corrected chi connectivity index (χ0v) is 20.5. The Bertz CT molecular complexity index is 1180. The Morgan fingerprint density at radius 1 is 0.649 bits per heavy atom. The molecule has 3 aromatic rings. The molecule has 0 aromatic heterocycles. The van der Waals surface area contributed by atoms with Crippen molar-refractivity contribution in [2.75, 3.05) is 19.8 Å². The van der Waals surface area contributed by atoms with Gasteiger partial charge >= 0.3 is 17.9 Å². The van der Waals surface area contributed by atoms with E-state index in [9.17, 15) is 14.4 Å². The molecule has 0 aliphatic rings. The van der Waals surface area contributed by atoms with Crippen molar-refractivity contribution in [3.05, 3.63) is 96.6 Å². The largest absolute Gasteiger partial charge is 0.494 e. The van der Waals surface area contributed by atoms with Crippen molar-refractivity contribution in [3.63, 3.8) is 0 Å². The Morgan fingerprint density at radius 2 is 1.08 bits per heavy atom. The minimum Gasteiger partial charge on any atom is -0.494 e. The van der Waals surface area contributed by atoms with Crippen LogP contribution in [0.15, 0.2) is 85.5 Å². The minimum atomic E-state index is -0.533. The highest BCUT2D eigenvalue weighted by Gasteiger charge is 2.11. The molecule has 0 saturated carbocycles. The molecule has 0 fully saturated rings. The summed E-state index contributed by atoms with van der Waals surface area (Å²) in [5.74, 6) is 0.428. The van der Waals surface area contributed by atoms with E-state index in [1.165, 1.54) is 0 Å². The molecule has 0 aliphatic heterocycles. The maximum Gasteiger partial charge on any atom is 0.343 e. The number of ether oxygens (including phenoxy) is 5. The highest BCUT2D eigenvalue weighted by molar-refractivity contribution is 5.92. The van der Waals surface area contributed by atoms with E-state index in [1.54, 1.807) is 72.8 Å². The van der Waals surface area contributed by atoms with Gasteiger partial charge in [0.1, 0.15) is 23.0 Å². The first-order chi connectivity index (χ1) is 18.0. The van der Waals surface area contributed by atoms with Gasteiger partial charge in [0, 0.05) is 6.08 Å². The van der Waals surface area contributed by atoms with Gasteiger partial charge in [0.2, 0.25) is 0 Å². The first kappa shape index (κ1) is 27.0. The summed E-state index contributed by atoms with van der Waals surface area (Å²) >= 11 is 0. The van der Waals surface area contributed by atoms with Crippen LogP contribution in [0.5, 0.6) is 23.0 Å². The van der Waals surface area contributed by atoms with Gasteiger partial charge in [-0.3, -0.25) is 0 Å². The van der Waals surface area contributed by atoms with E-state index in [0.29, 0.717) is 66.8 Å². The smallest absolute Gasteiger partial charge is 0.343 e. The lowest BCUT2D eigenvalue weighted by molar-refractivity contribution is -0.137. The zero-order chi connectivity index (χ0) is 26.5. The third kappa shape index (κ3) is 8.85. The van der Waals surface area contributed by atoms with Gasteiger partial charge in [-0.15, -0.1) is 0 Å². The molecule has 3 aromatic carbocycles. The average molecular weight is 505 g/mol. The minimum absolute atomic E-state index is 0.309. The van der Waals surface area contributed by atoms with Crippen LogP contribution in [0, 0.1) is 0 Å². The second-order valence-electron chi connectivity index (χ2n) is 7.66. The van der Waals surface area contributed by atoms with Gasteiger partial charge in [-0.25, -0.2) is 14.4 Å². The third-order valence-electron chi connectivity index (χ3n) is 4.95. The standard InChI is InChI=1S/C29H28O8/c1-3-27(30)35-20-6-5-19-34-24-13-9-22(10-14-24)29(32)37-26-17-15-25(16-18-26)36-28(31)21-7-11-23(12-8-21)33-4-2/h3,7-18H,1,4-6,19-20H2,2H3. The number of hydrogen-bond acceptors (Lipinski definition) is 8. The molecule has 0 heterocycles. The molecule has 0 saturated heterocycles. The molecule has 0 bridgehead atoms. The van der Waals surface area contributed by atoms with Crippen molar-refractivity contribution < 1.29 is 38.1 Å². The summed E-state index contributed by atoms with van der Waals surface area (Å²) in [5, 5.41) is 0. The lowest BCUT2D eigenvalue weighted by Crippen LogP contribution is -2.09. The van der Waals surface area contributed by atoms with Crippen LogP contribution >= 0.6 is 0 Å². The maximum atomic E-state index is 12.5. The van der Waals surface area contributed by atoms with Crippen LogP contribution < -0.4 is 18.9 Å². The Morgan fingerprint density at radius 3 is 1.54 bits per heavy atom. The highest BCUT2D eigenvalue weighted by atomic mass is 16.5. The summed E-state index contributed by atoms with van der Waals surface area (Å²) in [7, 11) is 0. The molecule has 0 spiro atoms. The fraction of sp³-hybridized carbons (Fsp3) is 0.207. The molecule has 37 heavy (non-hydrogen) atoms. The molecule has 0 aliphatic carbocycles. The summed E-state index contributed by atoms with van der Waals surface area (Å²) in [4.78, 5) is 35.7. The normalized spacial score (nSPS) is 10.2. The van der Waals surface area contributed by atoms with Crippen LogP contribution in [-0.2, 0) is 9.53 Å². The van der Waals surface area contributed by atoms with E-state index < -0.39 is 17.9 Å². The van der Waals surface area contributed by atoms with Gasteiger partial charge in [0.05, 0.1) is 30.9 Å².